The number of hydrogen-bond donors (Lipinski definition) is 3. The number of nitrogens with zero attached hydrogens (tertiary/aromatic N) is 3. The maximum absolute atomic E-state index is 12.6. The van der Waals surface area contributed by atoms with Gasteiger partial charge < -0.3 is 21.1 Å². The van der Waals surface area contributed by atoms with Crippen LogP contribution >= 0.6 is 0 Å². The predicted molar refractivity (Wildman–Crippen MR) is 101 cm³/mol. The summed E-state index contributed by atoms with van der Waals surface area (Å²) in [6, 6.07) is 8.23. The molecule has 0 saturated heterocycles. The average Bonchev–Trinajstić information content (AvgIpc) is 2.68. The molecule has 0 amide bonds. The fourth-order valence-electron chi connectivity index (χ4n) is 3.16. The van der Waals surface area contributed by atoms with Crippen molar-refractivity contribution in [1.82, 2.24) is 9.97 Å². The number of nitriles is 1. The molecule has 1 fully saturated rings. The molecule has 0 spiro atoms. The molecule has 154 valence electrons. The van der Waals surface area contributed by atoms with Crippen LogP contribution in [0.3, 0.4) is 0 Å². The number of rotatable bonds is 6. The Morgan fingerprint density at radius 2 is 1.93 bits per heavy atom. The van der Waals surface area contributed by atoms with Gasteiger partial charge in [-0.1, -0.05) is 18.2 Å². The van der Waals surface area contributed by atoms with E-state index in [4.69, 9.17) is 5.73 Å². The minimum atomic E-state index is -4.78. The lowest BCUT2D eigenvalue weighted by Crippen LogP contribution is -2.33. The van der Waals surface area contributed by atoms with Gasteiger partial charge in [0.15, 0.2) is 0 Å². The van der Waals surface area contributed by atoms with Gasteiger partial charge in [0.1, 0.15) is 23.2 Å². The van der Waals surface area contributed by atoms with Gasteiger partial charge >= 0.3 is 6.36 Å². The van der Waals surface area contributed by atoms with Crippen molar-refractivity contribution < 1.29 is 17.9 Å². The SMILES string of the molecule is N#Cc1cnc(NCc2ccccc2OC(F)(F)F)nc1NC1CCC(N)CC1. The summed E-state index contributed by atoms with van der Waals surface area (Å²) in [5, 5.41) is 15.4. The maximum Gasteiger partial charge on any atom is 0.573 e. The first-order valence-corrected chi connectivity index (χ1v) is 9.21. The molecule has 0 bridgehead atoms. The summed E-state index contributed by atoms with van der Waals surface area (Å²) in [5.41, 5.74) is 6.52. The maximum atomic E-state index is 12.6. The number of hydrogen-bond acceptors (Lipinski definition) is 7. The van der Waals surface area contributed by atoms with Gasteiger partial charge in [0.2, 0.25) is 5.95 Å². The van der Waals surface area contributed by atoms with Crippen molar-refractivity contribution in [3.8, 4) is 11.8 Å². The summed E-state index contributed by atoms with van der Waals surface area (Å²) >= 11 is 0. The molecule has 2 aromatic rings. The Morgan fingerprint density at radius 3 is 2.62 bits per heavy atom. The average molecular weight is 406 g/mol. The van der Waals surface area contributed by atoms with Crippen LogP contribution < -0.4 is 21.1 Å². The van der Waals surface area contributed by atoms with E-state index in [1.165, 1.54) is 24.4 Å². The van der Waals surface area contributed by atoms with Crippen LogP contribution in [0.15, 0.2) is 30.5 Å². The summed E-state index contributed by atoms with van der Waals surface area (Å²) < 4.78 is 41.7. The Kier molecular flexibility index (Phi) is 6.39. The van der Waals surface area contributed by atoms with Gasteiger partial charge in [-0.05, 0) is 31.7 Å². The van der Waals surface area contributed by atoms with Gasteiger partial charge in [0, 0.05) is 24.2 Å². The molecule has 0 radical (unpaired) electrons. The number of alkyl halides is 3. The summed E-state index contributed by atoms with van der Waals surface area (Å²) in [5.74, 6) is 0.296. The molecule has 1 saturated carbocycles. The lowest BCUT2D eigenvalue weighted by atomic mass is 9.92. The van der Waals surface area contributed by atoms with E-state index >= 15 is 0 Å². The highest BCUT2D eigenvalue weighted by molar-refractivity contribution is 5.54. The zero-order valence-corrected chi connectivity index (χ0v) is 15.5. The van der Waals surface area contributed by atoms with Gasteiger partial charge in [-0.15, -0.1) is 13.2 Å². The Labute approximate surface area is 166 Å². The van der Waals surface area contributed by atoms with Gasteiger partial charge in [-0.2, -0.15) is 10.2 Å². The third-order valence-electron chi connectivity index (χ3n) is 4.66. The minimum Gasteiger partial charge on any atom is -0.405 e. The highest BCUT2D eigenvalue weighted by atomic mass is 19.4. The van der Waals surface area contributed by atoms with Crippen LogP contribution in [-0.4, -0.2) is 28.4 Å². The zero-order chi connectivity index (χ0) is 20.9. The number of halogens is 3. The monoisotopic (exact) mass is 406 g/mol. The van der Waals surface area contributed by atoms with Gasteiger partial charge in [0.05, 0.1) is 6.20 Å². The van der Waals surface area contributed by atoms with Gasteiger partial charge in [-0.25, -0.2) is 4.98 Å². The number of nitrogens with two attached hydrogens (primary N) is 1. The largest absolute Gasteiger partial charge is 0.573 e. The molecule has 7 nitrogen and oxygen atoms in total. The van der Waals surface area contributed by atoms with Crippen LogP contribution in [0, 0.1) is 11.3 Å². The van der Waals surface area contributed by atoms with E-state index in [1.807, 2.05) is 6.07 Å². The van der Waals surface area contributed by atoms with Gasteiger partial charge in [0.25, 0.3) is 0 Å². The molecular formula is C19H21F3N6O. The van der Waals surface area contributed by atoms with Crippen LogP contribution in [0.5, 0.6) is 5.75 Å². The molecule has 10 heteroatoms. The molecule has 1 aliphatic rings. The molecule has 1 aromatic carbocycles. The molecule has 1 aliphatic carbocycles. The van der Waals surface area contributed by atoms with Crippen LogP contribution in [0.1, 0.15) is 36.8 Å². The number of ether oxygens (including phenoxy) is 1. The Morgan fingerprint density at radius 1 is 1.21 bits per heavy atom. The number of benzene rings is 1. The molecular weight excluding hydrogens is 385 g/mol. The predicted octanol–water partition coefficient (Wildman–Crippen LogP) is 3.54. The van der Waals surface area contributed by atoms with Crippen molar-refractivity contribution in [1.29, 1.82) is 5.26 Å². The number of aromatic nitrogens is 2. The van der Waals surface area contributed by atoms with E-state index < -0.39 is 6.36 Å². The molecule has 1 aromatic heterocycles. The summed E-state index contributed by atoms with van der Waals surface area (Å²) in [6.45, 7) is 0.0237. The van der Waals surface area contributed by atoms with Crippen molar-refractivity contribution in [3.05, 3.63) is 41.6 Å². The zero-order valence-electron chi connectivity index (χ0n) is 15.5. The molecule has 0 unspecified atom stereocenters. The highest BCUT2D eigenvalue weighted by Crippen LogP contribution is 2.27. The first-order chi connectivity index (χ1) is 13.8. The third-order valence-corrected chi connectivity index (χ3v) is 4.66. The number of nitrogens with one attached hydrogen (secondary N) is 2. The Hall–Kier alpha value is -3.06. The summed E-state index contributed by atoms with van der Waals surface area (Å²) in [7, 11) is 0. The molecule has 1 heterocycles. The number of para-hydroxylation sites is 1. The normalized spacial score (nSPS) is 19.3. The fourth-order valence-corrected chi connectivity index (χ4v) is 3.16. The number of anilines is 2. The quantitative estimate of drug-likeness (QED) is 0.673. The van der Waals surface area contributed by atoms with Crippen molar-refractivity contribution in [2.75, 3.05) is 10.6 Å². The molecule has 29 heavy (non-hydrogen) atoms. The second-order valence-corrected chi connectivity index (χ2v) is 6.83. The first kappa shape index (κ1) is 20.7. The van der Waals surface area contributed by atoms with Crippen LogP contribution in [0.25, 0.3) is 0 Å². The van der Waals surface area contributed by atoms with Crippen molar-refractivity contribution in [2.45, 2.75) is 50.7 Å². The Bertz CT molecular complexity index is 875. The standard InChI is InChI=1S/C19H21F3N6O/c20-19(21,22)29-16-4-2-1-3-12(16)10-25-18-26-11-13(9-23)17(28-18)27-15-7-5-14(24)6-8-15/h1-4,11,14-15H,5-8,10,24H2,(H2,25,26,27,28). The lowest BCUT2D eigenvalue weighted by Gasteiger charge is -2.27. The lowest BCUT2D eigenvalue weighted by molar-refractivity contribution is -0.274. The summed E-state index contributed by atoms with van der Waals surface area (Å²) in [4.78, 5) is 8.39. The van der Waals surface area contributed by atoms with E-state index in [9.17, 15) is 18.4 Å². The second-order valence-electron chi connectivity index (χ2n) is 6.83. The van der Waals surface area contributed by atoms with E-state index in [2.05, 4.69) is 25.3 Å². The molecule has 0 atom stereocenters. The fraction of sp³-hybridized carbons (Fsp3) is 0.421. The van der Waals surface area contributed by atoms with E-state index in [0.717, 1.165) is 25.7 Å². The van der Waals surface area contributed by atoms with Crippen molar-refractivity contribution >= 4 is 11.8 Å². The van der Waals surface area contributed by atoms with Crippen molar-refractivity contribution in [2.24, 2.45) is 5.73 Å². The second kappa shape index (κ2) is 8.96. The Balaban J connectivity index is 1.70. The van der Waals surface area contributed by atoms with E-state index in [1.54, 1.807) is 6.07 Å². The highest BCUT2D eigenvalue weighted by Gasteiger charge is 2.32. The molecule has 3 rings (SSSR count). The topological polar surface area (TPSA) is 109 Å². The minimum absolute atomic E-state index is 0.0237. The van der Waals surface area contributed by atoms with Crippen LogP contribution in [-0.2, 0) is 6.54 Å². The van der Waals surface area contributed by atoms with Crippen LogP contribution in [0.4, 0.5) is 24.9 Å². The third kappa shape index (κ3) is 5.96. The van der Waals surface area contributed by atoms with Crippen LogP contribution in [0.2, 0.25) is 0 Å². The van der Waals surface area contributed by atoms with Gasteiger partial charge in [-0.3, -0.25) is 0 Å². The summed E-state index contributed by atoms with van der Waals surface area (Å²) in [6.07, 6.45) is 0.143. The smallest absolute Gasteiger partial charge is 0.405 e. The molecule has 4 N–H and O–H groups in total. The van der Waals surface area contributed by atoms with E-state index in [-0.39, 0.29) is 30.3 Å². The molecule has 0 aliphatic heterocycles. The van der Waals surface area contributed by atoms with E-state index in [0.29, 0.717) is 16.9 Å². The first-order valence-electron chi connectivity index (χ1n) is 9.21. The van der Waals surface area contributed by atoms with Crippen molar-refractivity contribution in [3.63, 3.8) is 0 Å².